The van der Waals surface area contributed by atoms with E-state index in [0.717, 1.165) is 22.0 Å². The standard InChI is InChI=1S/C18H19N3O3S2/c1-13-6-7-16(24-2)17(11-13)26(22,23)20-10-8-18-21-15(12-25-18)14-5-3-4-9-19-14/h3-7,9,11-12,20H,8,10H2,1-2H3. The van der Waals surface area contributed by atoms with Crippen molar-refractivity contribution >= 4 is 21.4 Å². The summed E-state index contributed by atoms with van der Waals surface area (Å²) in [5.41, 5.74) is 2.46. The van der Waals surface area contributed by atoms with Crippen molar-refractivity contribution in [2.45, 2.75) is 18.2 Å². The topological polar surface area (TPSA) is 81.2 Å². The zero-order valence-electron chi connectivity index (χ0n) is 14.5. The number of sulfonamides is 1. The molecule has 2 heterocycles. The molecule has 1 N–H and O–H groups in total. The number of nitrogens with zero attached hydrogens (tertiary/aromatic N) is 2. The van der Waals surface area contributed by atoms with Gasteiger partial charge in [-0.25, -0.2) is 18.1 Å². The SMILES string of the molecule is COc1ccc(C)cc1S(=O)(=O)NCCc1nc(-c2ccccn2)cs1. The number of methoxy groups -OCH3 is 1. The highest BCUT2D eigenvalue weighted by atomic mass is 32.2. The molecule has 3 aromatic rings. The molecule has 0 aliphatic heterocycles. The first-order valence-corrected chi connectivity index (χ1v) is 10.4. The largest absolute Gasteiger partial charge is 0.495 e. The number of thiazole rings is 1. The normalized spacial score (nSPS) is 11.5. The molecule has 0 spiro atoms. The molecular formula is C18H19N3O3S2. The molecule has 0 atom stereocenters. The van der Waals surface area contributed by atoms with Gasteiger partial charge in [-0.2, -0.15) is 0 Å². The van der Waals surface area contributed by atoms with E-state index in [2.05, 4.69) is 14.7 Å². The van der Waals surface area contributed by atoms with Gasteiger partial charge in [0.05, 0.1) is 23.5 Å². The maximum atomic E-state index is 12.6. The van der Waals surface area contributed by atoms with E-state index in [1.54, 1.807) is 18.3 Å². The first kappa shape index (κ1) is 18.5. The van der Waals surface area contributed by atoms with E-state index in [9.17, 15) is 8.42 Å². The third-order valence-electron chi connectivity index (χ3n) is 3.72. The minimum atomic E-state index is -3.65. The molecule has 3 rings (SSSR count). The summed E-state index contributed by atoms with van der Waals surface area (Å²) >= 11 is 1.49. The summed E-state index contributed by atoms with van der Waals surface area (Å²) < 4.78 is 32.9. The summed E-state index contributed by atoms with van der Waals surface area (Å²) in [6, 6.07) is 10.7. The number of rotatable bonds is 7. The van der Waals surface area contributed by atoms with Crippen molar-refractivity contribution in [1.29, 1.82) is 0 Å². The van der Waals surface area contributed by atoms with Crippen LogP contribution in [0.3, 0.4) is 0 Å². The minimum absolute atomic E-state index is 0.147. The van der Waals surface area contributed by atoms with E-state index in [0.29, 0.717) is 12.2 Å². The summed E-state index contributed by atoms with van der Waals surface area (Å²) in [6.07, 6.45) is 2.22. The molecule has 0 saturated heterocycles. The predicted octanol–water partition coefficient (Wildman–Crippen LogP) is 3.04. The van der Waals surface area contributed by atoms with E-state index in [1.807, 2.05) is 36.6 Å². The van der Waals surface area contributed by atoms with Crippen LogP contribution < -0.4 is 9.46 Å². The highest BCUT2D eigenvalue weighted by Gasteiger charge is 2.19. The van der Waals surface area contributed by atoms with Crippen LogP contribution in [0.2, 0.25) is 0 Å². The number of pyridine rings is 1. The van der Waals surface area contributed by atoms with E-state index in [-0.39, 0.29) is 11.4 Å². The minimum Gasteiger partial charge on any atom is -0.495 e. The smallest absolute Gasteiger partial charge is 0.244 e. The summed E-state index contributed by atoms with van der Waals surface area (Å²) in [4.78, 5) is 8.93. The molecule has 26 heavy (non-hydrogen) atoms. The molecule has 0 bridgehead atoms. The zero-order chi connectivity index (χ0) is 18.6. The Balaban J connectivity index is 1.66. The molecule has 0 saturated carbocycles. The van der Waals surface area contributed by atoms with Crippen molar-refractivity contribution in [3.63, 3.8) is 0 Å². The fourth-order valence-electron chi connectivity index (χ4n) is 2.42. The van der Waals surface area contributed by atoms with E-state index in [4.69, 9.17) is 4.74 Å². The maximum absolute atomic E-state index is 12.6. The molecular weight excluding hydrogens is 370 g/mol. The second kappa shape index (κ2) is 7.94. The van der Waals surface area contributed by atoms with E-state index < -0.39 is 10.0 Å². The molecule has 0 aliphatic rings. The zero-order valence-corrected chi connectivity index (χ0v) is 16.1. The number of aromatic nitrogens is 2. The van der Waals surface area contributed by atoms with Crippen LogP contribution >= 0.6 is 11.3 Å². The Labute approximate surface area is 157 Å². The van der Waals surface area contributed by atoms with Gasteiger partial charge in [-0.15, -0.1) is 11.3 Å². The van der Waals surface area contributed by atoms with Crippen molar-refractivity contribution < 1.29 is 13.2 Å². The van der Waals surface area contributed by atoms with Crippen LogP contribution in [0, 0.1) is 6.92 Å². The van der Waals surface area contributed by atoms with Crippen molar-refractivity contribution in [3.05, 3.63) is 58.5 Å². The van der Waals surface area contributed by atoms with Gasteiger partial charge < -0.3 is 4.74 Å². The van der Waals surface area contributed by atoms with Gasteiger partial charge in [-0.1, -0.05) is 12.1 Å². The van der Waals surface area contributed by atoms with Crippen molar-refractivity contribution in [2.24, 2.45) is 0 Å². The second-order valence-corrected chi connectivity index (χ2v) is 8.32. The van der Waals surface area contributed by atoms with E-state index >= 15 is 0 Å². The fraction of sp³-hybridized carbons (Fsp3) is 0.222. The fourth-order valence-corrected chi connectivity index (χ4v) is 4.50. The first-order chi connectivity index (χ1) is 12.5. The lowest BCUT2D eigenvalue weighted by Crippen LogP contribution is -2.26. The van der Waals surface area contributed by atoms with Crippen LogP contribution in [0.4, 0.5) is 0 Å². The quantitative estimate of drug-likeness (QED) is 0.672. The molecule has 0 radical (unpaired) electrons. The molecule has 1 aromatic carbocycles. The lowest BCUT2D eigenvalue weighted by molar-refractivity contribution is 0.402. The number of aryl methyl sites for hydroxylation is 1. The Bertz CT molecular complexity index is 986. The van der Waals surface area contributed by atoms with Crippen LogP contribution in [0.25, 0.3) is 11.4 Å². The van der Waals surface area contributed by atoms with Crippen molar-refractivity contribution in [2.75, 3.05) is 13.7 Å². The Morgan fingerprint density at radius 1 is 1.19 bits per heavy atom. The third kappa shape index (κ3) is 4.27. The van der Waals surface area contributed by atoms with Crippen LogP contribution in [0.15, 0.2) is 52.9 Å². The molecule has 2 aromatic heterocycles. The van der Waals surface area contributed by atoms with Crippen molar-refractivity contribution in [3.8, 4) is 17.1 Å². The molecule has 0 fully saturated rings. The van der Waals surface area contributed by atoms with Gasteiger partial charge in [0, 0.05) is 24.5 Å². The van der Waals surface area contributed by atoms with Gasteiger partial charge in [-0.05, 0) is 36.8 Å². The first-order valence-electron chi connectivity index (χ1n) is 8.00. The van der Waals surface area contributed by atoms with Crippen LogP contribution in [0.5, 0.6) is 5.75 Å². The summed E-state index contributed by atoms with van der Waals surface area (Å²) in [6.45, 7) is 2.10. The maximum Gasteiger partial charge on any atom is 0.244 e. The summed E-state index contributed by atoms with van der Waals surface area (Å²) in [7, 11) is -2.19. The average Bonchev–Trinajstić information content (AvgIpc) is 3.11. The number of hydrogen-bond acceptors (Lipinski definition) is 6. The van der Waals surface area contributed by atoms with Crippen molar-refractivity contribution in [1.82, 2.24) is 14.7 Å². The van der Waals surface area contributed by atoms with Gasteiger partial charge in [0.1, 0.15) is 10.6 Å². The molecule has 0 unspecified atom stereocenters. The number of nitrogens with one attached hydrogen (secondary N) is 1. The molecule has 8 heteroatoms. The number of benzene rings is 1. The second-order valence-electron chi connectivity index (χ2n) is 5.64. The number of ether oxygens (including phenoxy) is 1. The summed E-state index contributed by atoms with van der Waals surface area (Å²) in [5.74, 6) is 0.329. The van der Waals surface area contributed by atoms with E-state index in [1.165, 1.54) is 18.4 Å². The predicted molar refractivity (Wildman–Crippen MR) is 102 cm³/mol. The van der Waals surface area contributed by atoms with Gasteiger partial charge in [0.15, 0.2) is 0 Å². The molecule has 136 valence electrons. The summed E-state index contributed by atoms with van der Waals surface area (Å²) in [5, 5.41) is 2.78. The Hall–Kier alpha value is -2.29. The highest BCUT2D eigenvalue weighted by Crippen LogP contribution is 2.24. The molecule has 0 aliphatic carbocycles. The lowest BCUT2D eigenvalue weighted by Gasteiger charge is -2.11. The Kier molecular flexibility index (Phi) is 5.65. The molecule has 0 amide bonds. The van der Waals surface area contributed by atoms with Gasteiger partial charge in [-0.3, -0.25) is 4.98 Å². The lowest BCUT2D eigenvalue weighted by atomic mass is 10.2. The number of hydrogen-bond donors (Lipinski definition) is 1. The van der Waals surface area contributed by atoms with Gasteiger partial charge in [0.2, 0.25) is 10.0 Å². The third-order valence-corrected chi connectivity index (χ3v) is 6.11. The van der Waals surface area contributed by atoms with Gasteiger partial charge >= 0.3 is 0 Å². The Morgan fingerprint density at radius 2 is 2.04 bits per heavy atom. The average molecular weight is 390 g/mol. The van der Waals surface area contributed by atoms with Crippen LogP contribution in [0.1, 0.15) is 10.6 Å². The Morgan fingerprint density at radius 3 is 2.77 bits per heavy atom. The monoisotopic (exact) mass is 389 g/mol. The van der Waals surface area contributed by atoms with Gasteiger partial charge in [0.25, 0.3) is 0 Å². The van der Waals surface area contributed by atoms with Crippen LogP contribution in [-0.2, 0) is 16.4 Å². The highest BCUT2D eigenvalue weighted by molar-refractivity contribution is 7.89. The van der Waals surface area contributed by atoms with Crippen LogP contribution in [-0.4, -0.2) is 32.0 Å². The molecule has 6 nitrogen and oxygen atoms in total.